The number of ether oxygens (including phenoxy) is 1. The lowest BCUT2D eigenvalue weighted by molar-refractivity contribution is -0.111. The normalized spacial score (nSPS) is 10.6. The van der Waals surface area contributed by atoms with Crippen molar-refractivity contribution in [3.63, 3.8) is 0 Å². The predicted molar refractivity (Wildman–Crippen MR) is 70.5 cm³/mol. The number of carbonyl (C=O) groups is 1. The van der Waals surface area contributed by atoms with Gasteiger partial charge in [0.1, 0.15) is 5.75 Å². The molecule has 0 heterocycles. The molecule has 0 bridgehead atoms. The lowest BCUT2D eigenvalue weighted by Crippen LogP contribution is -2.08. The average Bonchev–Trinajstić information content (AvgIpc) is 2.23. The summed E-state index contributed by atoms with van der Waals surface area (Å²) >= 11 is 0. The van der Waals surface area contributed by atoms with Crippen LogP contribution < -0.4 is 10.1 Å². The molecule has 3 nitrogen and oxygen atoms in total. The highest BCUT2D eigenvalue weighted by atomic mass is 16.5. The van der Waals surface area contributed by atoms with Crippen LogP contribution in [-0.2, 0) is 4.79 Å². The molecule has 0 saturated heterocycles. The molecule has 0 saturated carbocycles. The van der Waals surface area contributed by atoms with E-state index in [0.717, 1.165) is 22.6 Å². The third-order valence-corrected chi connectivity index (χ3v) is 2.33. The fourth-order valence-corrected chi connectivity index (χ4v) is 1.73. The Morgan fingerprint density at radius 1 is 1.35 bits per heavy atom. The summed E-state index contributed by atoms with van der Waals surface area (Å²) in [6.07, 6.45) is 3.21. The molecule has 92 valence electrons. The number of rotatable bonds is 4. The van der Waals surface area contributed by atoms with Gasteiger partial charge in [0, 0.05) is 5.69 Å². The molecular formula is C14H19NO2. The Bertz CT molecular complexity index is 413. The molecule has 1 N–H and O–H groups in total. The van der Waals surface area contributed by atoms with Crippen molar-refractivity contribution >= 4 is 11.6 Å². The van der Waals surface area contributed by atoms with E-state index in [4.69, 9.17) is 4.74 Å². The zero-order valence-corrected chi connectivity index (χ0v) is 10.8. The molecular weight excluding hydrogens is 214 g/mol. The number of allylic oxidation sites excluding steroid dienone is 1. The zero-order chi connectivity index (χ0) is 12.8. The molecule has 0 aromatic heterocycles. The summed E-state index contributed by atoms with van der Waals surface area (Å²) in [7, 11) is 0. The number of benzene rings is 1. The van der Waals surface area contributed by atoms with Crippen molar-refractivity contribution in [3.05, 3.63) is 35.4 Å². The van der Waals surface area contributed by atoms with E-state index in [1.807, 2.05) is 39.8 Å². The number of hydrogen-bond acceptors (Lipinski definition) is 2. The predicted octanol–water partition coefficient (Wildman–Crippen LogP) is 3.22. The van der Waals surface area contributed by atoms with E-state index in [2.05, 4.69) is 5.32 Å². The molecule has 0 fully saturated rings. The molecule has 0 radical (unpaired) electrons. The number of aryl methyl sites for hydroxylation is 2. The van der Waals surface area contributed by atoms with Crippen LogP contribution in [0.3, 0.4) is 0 Å². The van der Waals surface area contributed by atoms with Crippen LogP contribution >= 0.6 is 0 Å². The van der Waals surface area contributed by atoms with Crippen molar-refractivity contribution in [2.75, 3.05) is 11.9 Å². The fourth-order valence-electron chi connectivity index (χ4n) is 1.73. The van der Waals surface area contributed by atoms with Gasteiger partial charge < -0.3 is 10.1 Å². The molecule has 0 aliphatic rings. The van der Waals surface area contributed by atoms with Gasteiger partial charge in [0.2, 0.25) is 5.91 Å². The van der Waals surface area contributed by atoms with Gasteiger partial charge in [-0.3, -0.25) is 4.79 Å². The Morgan fingerprint density at radius 2 is 1.94 bits per heavy atom. The van der Waals surface area contributed by atoms with Gasteiger partial charge in [-0.1, -0.05) is 6.08 Å². The molecule has 17 heavy (non-hydrogen) atoms. The molecule has 1 rings (SSSR count). The molecule has 3 heteroatoms. The minimum atomic E-state index is -0.115. The first-order valence-corrected chi connectivity index (χ1v) is 5.76. The van der Waals surface area contributed by atoms with Crippen molar-refractivity contribution in [2.45, 2.75) is 27.7 Å². The second kappa shape index (κ2) is 6.09. The Labute approximate surface area is 102 Å². The van der Waals surface area contributed by atoms with E-state index in [-0.39, 0.29) is 5.91 Å². The molecule has 0 atom stereocenters. The third kappa shape index (κ3) is 3.63. The van der Waals surface area contributed by atoms with Crippen molar-refractivity contribution in [1.82, 2.24) is 0 Å². The number of hydrogen-bond donors (Lipinski definition) is 1. The topological polar surface area (TPSA) is 38.3 Å². The summed E-state index contributed by atoms with van der Waals surface area (Å²) in [6.45, 7) is 8.37. The maximum Gasteiger partial charge on any atom is 0.248 e. The van der Waals surface area contributed by atoms with Crippen LogP contribution in [-0.4, -0.2) is 12.5 Å². The van der Waals surface area contributed by atoms with E-state index >= 15 is 0 Å². The van der Waals surface area contributed by atoms with Crippen molar-refractivity contribution < 1.29 is 9.53 Å². The smallest absolute Gasteiger partial charge is 0.248 e. The van der Waals surface area contributed by atoms with Crippen LogP contribution in [0.4, 0.5) is 5.69 Å². The molecule has 0 aliphatic carbocycles. The largest absolute Gasteiger partial charge is 0.493 e. The van der Waals surface area contributed by atoms with Gasteiger partial charge in [-0.2, -0.15) is 0 Å². The van der Waals surface area contributed by atoms with Crippen molar-refractivity contribution in [1.29, 1.82) is 0 Å². The standard InChI is InChI=1S/C14H19NO2/c1-5-7-13(16)15-12-8-10(3)14(17-6-2)11(4)9-12/h5,7-9H,6H2,1-4H3,(H,15,16)/b7-5+. The van der Waals surface area contributed by atoms with Gasteiger partial charge in [-0.05, 0) is 57.0 Å². The highest BCUT2D eigenvalue weighted by Crippen LogP contribution is 2.27. The zero-order valence-electron chi connectivity index (χ0n) is 10.8. The van der Waals surface area contributed by atoms with Gasteiger partial charge in [-0.25, -0.2) is 0 Å². The van der Waals surface area contributed by atoms with Gasteiger partial charge in [0.05, 0.1) is 6.61 Å². The van der Waals surface area contributed by atoms with Gasteiger partial charge in [0.15, 0.2) is 0 Å². The maximum atomic E-state index is 11.4. The number of nitrogens with one attached hydrogen (secondary N) is 1. The van der Waals surface area contributed by atoms with Crippen molar-refractivity contribution in [2.24, 2.45) is 0 Å². The Kier molecular flexibility index (Phi) is 4.76. The summed E-state index contributed by atoms with van der Waals surface area (Å²) in [4.78, 5) is 11.4. The molecule has 1 aromatic rings. The first-order valence-electron chi connectivity index (χ1n) is 5.76. The fraction of sp³-hybridized carbons (Fsp3) is 0.357. The Balaban J connectivity index is 2.94. The van der Waals surface area contributed by atoms with E-state index in [0.29, 0.717) is 6.61 Å². The minimum absolute atomic E-state index is 0.115. The second-order valence-corrected chi connectivity index (χ2v) is 3.86. The second-order valence-electron chi connectivity index (χ2n) is 3.86. The number of anilines is 1. The molecule has 0 unspecified atom stereocenters. The lowest BCUT2D eigenvalue weighted by Gasteiger charge is -2.13. The van der Waals surface area contributed by atoms with E-state index in [1.54, 1.807) is 6.08 Å². The van der Waals surface area contributed by atoms with Gasteiger partial charge in [0.25, 0.3) is 0 Å². The van der Waals surface area contributed by atoms with E-state index in [9.17, 15) is 4.79 Å². The quantitative estimate of drug-likeness (QED) is 0.811. The van der Waals surface area contributed by atoms with Crippen LogP contribution in [0.25, 0.3) is 0 Å². The van der Waals surface area contributed by atoms with E-state index < -0.39 is 0 Å². The minimum Gasteiger partial charge on any atom is -0.493 e. The van der Waals surface area contributed by atoms with Crippen LogP contribution in [0.5, 0.6) is 5.75 Å². The summed E-state index contributed by atoms with van der Waals surface area (Å²) in [6, 6.07) is 3.83. The average molecular weight is 233 g/mol. The van der Waals surface area contributed by atoms with Gasteiger partial charge >= 0.3 is 0 Å². The van der Waals surface area contributed by atoms with Crippen LogP contribution in [0.15, 0.2) is 24.3 Å². The summed E-state index contributed by atoms with van der Waals surface area (Å²) in [5.74, 6) is 0.784. The number of amides is 1. The Hall–Kier alpha value is -1.77. The highest BCUT2D eigenvalue weighted by Gasteiger charge is 2.06. The van der Waals surface area contributed by atoms with Crippen LogP contribution in [0.2, 0.25) is 0 Å². The lowest BCUT2D eigenvalue weighted by atomic mass is 10.1. The molecule has 0 aliphatic heterocycles. The SMILES string of the molecule is C/C=C/C(=O)Nc1cc(C)c(OCC)c(C)c1. The van der Waals surface area contributed by atoms with Gasteiger partial charge in [-0.15, -0.1) is 0 Å². The Morgan fingerprint density at radius 3 is 2.41 bits per heavy atom. The molecule has 0 spiro atoms. The summed E-state index contributed by atoms with van der Waals surface area (Å²) < 4.78 is 5.55. The first-order chi connectivity index (χ1) is 8.08. The first kappa shape index (κ1) is 13.3. The monoisotopic (exact) mass is 233 g/mol. The van der Waals surface area contributed by atoms with E-state index in [1.165, 1.54) is 6.08 Å². The highest BCUT2D eigenvalue weighted by molar-refractivity contribution is 5.99. The maximum absolute atomic E-state index is 11.4. The summed E-state index contributed by atoms with van der Waals surface area (Å²) in [5, 5.41) is 2.81. The van der Waals surface area contributed by atoms with Crippen molar-refractivity contribution in [3.8, 4) is 5.75 Å². The third-order valence-electron chi connectivity index (χ3n) is 2.33. The molecule has 1 amide bonds. The molecule has 1 aromatic carbocycles. The number of carbonyl (C=O) groups excluding carboxylic acids is 1. The summed E-state index contributed by atoms with van der Waals surface area (Å²) in [5.41, 5.74) is 2.86. The van der Waals surface area contributed by atoms with Crippen LogP contribution in [0.1, 0.15) is 25.0 Å². The van der Waals surface area contributed by atoms with Crippen LogP contribution in [0, 0.1) is 13.8 Å².